The van der Waals surface area contributed by atoms with E-state index in [1.807, 2.05) is 6.08 Å². The van der Waals surface area contributed by atoms with E-state index < -0.39 is 0 Å². The molecule has 2 aliphatic carbocycles. The second kappa shape index (κ2) is 4.76. The van der Waals surface area contributed by atoms with Crippen molar-refractivity contribution in [1.82, 2.24) is 0 Å². The summed E-state index contributed by atoms with van der Waals surface area (Å²) in [4.78, 5) is 0. The van der Waals surface area contributed by atoms with Gasteiger partial charge in [-0.25, -0.2) is 0 Å². The van der Waals surface area contributed by atoms with Gasteiger partial charge in [-0.3, -0.25) is 0 Å². The molecule has 0 saturated heterocycles. The molecule has 0 aromatic heterocycles. The zero-order valence-corrected chi connectivity index (χ0v) is 12.0. The molecule has 0 bridgehead atoms. The first-order valence-corrected chi connectivity index (χ1v) is 6.90. The Hall–Kier alpha value is -1.29. The van der Waals surface area contributed by atoms with Gasteiger partial charge in [-0.1, -0.05) is 37.1 Å². The van der Waals surface area contributed by atoms with Crippen LogP contribution in [0.5, 0.6) is 0 Å². The summed E-state index contributed by atoms with van der Waals surface area (Å²) in [5.74, 6) is 1.08. The molecular weight excluding hydrogens is 218 g/mol. The predicted octanol–water partition coefficient (Wildman–Crippen LogP) is 4.79. The van der Waals surface area contributed by atoms with Gasteiger partial charge in [-0.05, 0) is 56.4 Å². The lowest BCUT2D eigenvalue weighted by atomic mass is 9.61. The Morgan fingerprint density at radius 3 is 2.67 bits per heavy atom. The maximum atomic E-state index is 9.14. The van der Waals surface area contributed by atoms with Gasteiger partial charge in [0, 0.05) is 5.57 Å². The second-order valence-corrected chi connectivity index (χ2v) is 6.55. The molecule has 0 aromatic carbocycles. The molecule has 0 amide bonds. The minimum Gasteiger partial charge on any atom is -0.192 e. The quantitative estimate of drug-likeness (QED) is 0.606. The van der Waals surface area contributed by atoms with Crippen LogP contribution in [0, 0.1) is 28.6 Å². The Balaban J connectivity index is 2.34. The molecule has 0 radical (unpaired) electrons. The fourth-order valence-electron chi connectivity index (χ4n) is 3.81. The Bertz CT molecular complexity index is 468. The zero-order valence-electron chi connectivity index (χ0n) is 12.0. The lowest BCUT2D eigenvalue weighted by Crippen LogP contribution is -2.34. The van der Waals surface area contributed by atoms with Crippen molar-refractivity contribution in [2.75, 3.05) is 0 Å². The van der Waals surface area contributed by atoms with Crippen LogP contribution in [0.25, 0.3) is 0 Å². The molecule has 0 spiro atoms. The van der Waals surface area contributed by atoms with Crippen LogP contribution in [-0.2, 0) is 0 Å². The molecule has 2 aliphatic rings. The second-order valence-electron chi connectivity index (χ2n) is 6.55. The van der Waals surface area contributed by atoms with Crippen LogP contribution in [0.15, 0.2) is 34.9 Å². The fourth-order valence-corrected chi connectivity index (χ4v) is 3.81. The lowest BCUT2D eigenvalue weighted by Gasteiger charge is -2.43. The summed E-state index contributed by atoms with van der Waals surface area (Å²) in [5, 5.41) is 9.14. The molecule has 0 saturated carbocycles. The van der Waals surface area contributed by atoms with Crippen molar-refractivity contribution in [1.29, 1.82) is 5.26 Å². The Morgan fingerprint density at radius 1 is 1.33 bits per heavy atom. The van der Waals surface area contributed by atoms with E-state index in [9.17, 15) is 0 Å². The molecule has 0 fully saturated rings. The van der Waals surface area contributed by atoms with Crippen LogP contribution in [0.2, 0.25) is 0 Å². The van der Waals surface area contributed by atoms with Gasteiger partial charge >= 0.3 is 0 Å². The van der Waals surface area contributed by atoms with Crippen LogP contribution in [-0.4, -0.2) is 0 Å². The molecule has 2 unspecified atom stereocenters. The third kappa shape index (κ3) is 2.43. The zero-order chi connectivity index (χ0) is 13.3. The van der Waals surface area contributed by atoms with E-state index in [2.05, 4.69) is 45.9 Å². The van der Waals surface area contributed by atoms with E-state index >= 15 is 0 Å². The topological polar surface area (TPSA) is 23.8 Å². The first kappa shape index (κ1) is 13.1. The highest BCUT2D eigenvalue weighted by Crippen LogP contribution is 2.48. The number of nitrogens with zero attached hydrogens (tertiary/aromatic N) is 1. The first-order chi connectivity index (χ1) is 8.44. The number of hydrogen-bond donors (Lipinski definition) is 0. The van der Waals surface area contributed by atoms with Gasteiger partial charge in [0.15, 0.2) is 0 Å². The average molecular weight is 241 g/mol. The highest BCUT2D eigenvalue weighted by atomic mass is 14.4. The standard InChI is InChI=1S/C17H23N/c1-12-8-14(11-18)10-15(9-12)16-13(2)6-5-7-17(16,3)4/h6,8,10,15-16H,5,7,9H2,1-4H3. The highest BCUT2D eigenvalue weighted by molar-refractivity contribution is 5.40. The van der Waals surface area contributed by atoms with E-state index in [0.717, 1.165) is 12.0 Å². The monoisotopic (exact) mass is 241 g/mol. The molecule has 1 heteroatoms. The molecule has 0 heterocycles. The van der Waals surface area contributed by atoms with Gasteiger partial charge in [-0.2, -0.15) is 5.26 Å². The Kier molecular flexibility index (Phi) is 3.48. The fraction of sp³-hybridized carbons (Fsp3) is 0.588. The van der Waals surface area contributed by atoms with Crippen LogP contribution >= 0.6 is 0 Å². The Labute approximate surface area is 111 Å². The molecule has 0 aliphatic heterocycles. The molecule has 18 heavy (non-hydrogen) atoms. The molecular formula is C17H23N. The van der Waals surface area contributed by atoms with Crippen molar-refractivity contribution in [3.8, 4) is 6.07 Å². The number of hydrogen-bond acceptors (Lipinski definition) is 1. The van der Waals surface area contributed by atoms with Crippen molar-refractivity contribution in [2.45, 2.75) is 47.0 Å². The van der Waals surface area contributed by atoms with Gasteiger partial charge < -0.3 is 0 Å². The summed E-state index contributed by atoms with van der Waals surface area (Å²) in [6.45, 7) is 9.16. The van der Waals surface area contributed by atoms with Crippen LogP contribution in [0.4, 0.5) is 0 Å². The van der Waals surface area contributed by atoms with Crippen molar-refractivity contribution in [3.63, 3.8) is 0 Å². The highest BCUT2D eigenvalue weighted by Gasteiger charge is 2.38. The summed E-state index contributed by atoms with van der Waals surface area (Å²) in [6, 6.07) is 2.31. The maximum Gasteiger partial charge on any atom is 0.0988 e. The van der Waals surface area contributed by atoms with Gasteiger partial charge in [0.25, 0.3) is 0 Å². The third-order valence-corrected chi connectivity index (χ3v) is 4.50. The van der Waals surface area contributed by atoms with E-state index in [-0.39, 0.29) is 0 Å². The third-order valence-electron chi connectivity index (χ3n) is 4.50. The van der Waals surface area contributed by atoms with Crippen LogP contribution < -0.4 is 0 Å². The van der Waals surface area contributed by atoms with Crippen molar-refractivity contribution in [2.24, 2.45) is 17.3 Å². The molecule has 2 rings (SSSR count). The largest absolute Gasteiger partial charge is 0.192 e. The van der Waals surface area contributed by atoms with Crippen LogP contribution in [0.1, 0.15) is 47.0 Å². The van der Waals surface area contributed by atoms with Crippen LogP contribution in [0.3, 0.4) is 0 Å². The smallest absolute Gasteiger partial charge is 0.0988 e. The number of nitriles is 1. The van der Waals surface area contributed by atoms with Gasteiger partial charge in [0.2, 0.25) is 0 Å². The van der Waals surface area contributed by atoms with E-state index in [1.54, 1.807) is 0 Å². The molecule has 2 atom stereocenters. The molecule has 96 valence electrons. The predicted molar refractivity (Wildman–Crippen MR) is 75.8 cm³/mol. The minimum atomic E-state index is 0.345. The van der Waals surface area contributed by atoms with Crippen molar-refractivity contribution >= 4 is 0 Å². The molecule has 0 aromatic rings. The normalized spacial score (nSPS) is 30.9. The van der Waals surface area contributed by atoms with Gasteiger partial charge in [-0.15, -0.1) is 0 Å². The summed E-state index contributed by atoms with van der Waals surface area (Å²) >= 11 is 0. The minimum absolute atomic E-state index is 0.345. The number of rotatable bonds is 1. The summed E-state index contributed by atoms with van der Waals surface area (Å²) in [6.07, 6.45) is 10.2. The Morgan fingerprint density at radius 2 is 2.06 bits per heavy atom. The van der Waals surface area contributed by atoms with Crippen molar-refractivity contribution < 1.29 is 0 Å². The lowest BCUT2D eigenvalue weighted by molar-refractivity contribution is 0.169. The van der Waals surface area contributed by atoms with Gasteiger partial charge in [0.1, 0.15) is 0 Å². The van der Waals surface area contributed by atoms with Crippen molar-refractivity contribution in [3.05, 3.63) is 34.9 Å². The maximum absolute atomic E-state index is 9.14. The summed E-state index contributed by atoms with van der Waals surface area (Å²) < 4.78 is 0. The molecule has 0 N–H and O–H groups in total. The number of allylic oxidation sites excluding steroid dienone is 6. The summed E-state index contributed by atoms with van der Waals surface area (Å²) in [7, 11) is 0. The van der Waals surface area contributed by atoms with E-state index in [4.69, 9.17) is 5.26 Å². The summed E-state index contributed by atoms with van der Waals surface area (Å²) in [5.41, 5.74) is 4.05. The SMILES string of the molecule is CC1=CC(C#N)=CC(C2C(C)=CCCC2(C)C)C1. The van der Waals surface area contributed by atoms with E-state index in [1.165, 1.54) is 24.0 Å². The average Bonchev–Trinajstić information content (AvgIpc) is 2.26. The van der Waals surface area contributed by atoms with Gasteiger partial charge in [0.05, 0.1) is 6.07 Å². The van der Waals surface area contributed by atoms with E-state index in [0.29, 0.717) is 17.3 Å². The molecule has 1 nitrogen and oxygen atoms in total. The first-order valence-electron chi connectivity index (χ1n) is 6.90.